The summed E-state index contributed by atoms with van der Waals surface area (Å²) in [7, 11) is 2.79. The van der Waals surface area contributed by atoms with Crippen LogP contribution >= 0.6 is 0 Å². The molecule has 6 heterocycles. The number of phenols is 2. The van der Waals surface area contributed by atoms with Crippen LogP contribution in [0.15, 0.2) is 30.1 Å². The van der Waals surface area contributed by atoms with E-state index in [1.165, 1.54) is 24.0 Å². The van der Waals surface area contributed by atoms with Crippen LogP contribution in [0, 0.1) is 12.8 Å². The molecular formula is C38H35N7O8. The molecule has 15 nitrogen and oxygen atoms in total. The molecule has 1 saturated heterocycles. The molecule has 1 spiro atoms. The van der Waals surface area contributed by atoms with E-state index in [2.05, 4.69) is 15.0 Å². The van der Waals surface area contributed by atoms with Gasteiger partial charge < -0.3 is 50.2 Å². The molecule has 2 fully saturated rings. The number of aryl methyl sites for hydroxylation is 1. The Hall–Kier alpha value is -6.38. The van der Waals surface area contributed by atoms with Crippen LogP contribution in [0.1, 0.15) is 66.6 Å². The van der Waals surface area contributed by atoms with Gasteiger partial charge in [0.2, 0.25) is 5.78 Å². The Morgan fingerprint density at radius 1 is 0.887 bits per heavy atom. The molecule has 4 amide bonds. The summed E-state index contributed by atoms with van der Waals surface area (Å²) in [5.41, 5.74) is 11.7. The molecule has 15 heteroatoms. The molecule has 1 saturated carbocycles. The number of ketones is 1. The van der Waals surface area contributed by atoms with Crippen molar-refractivity contribution in [2.45, 2.75) is 38.0 Å². The maximum absolute atomic E-state index is 14.4. The SMILES string of the molecule is COc1c(O)c2c(c3cc(C(=O)N4CCc5c4c(O)c(OC)c4[nH]c(C(=O)N6CC7CCC78C6=CC(=O)c6[nH]cc(C)c68)cc54)[nH]c13)CCN2C(N)=O. The first kappa shape index (κ1) is 31.4. The van der Waals surface area contributed by atoms with Gasteiger partial charge in [0.15, 0.2) is 23.0 Å². The van der Waals surface area contributed by atoms with Crippen molar-refractivity contribution in [3.63, 3.8) is 0 Å². The zero-order chi connectivity index (χ0) is 36.8. The fraction of sp³-hybridized carbons (Fsp3) is 0.316. The summed E-state index contributed by atoms with van der Waals surface area (Å²) in [5, 5.41) is 24.0. The van der Waals surface area contributed by atoms with Gasteiger partial charge in [-0.1, -0.05) is 0 Å². The Kier molecular flexibility index (Phi) is 6.13. The number of methoxy groups -OCH3 is 2. The summed E-state index contributed by atoms with van der Waals surface area (Å²) in [5.74, 6) is -1.04. The molecule has 3 aliphatic heterocycles. The molecule has 5 aliphatic rings. The number of benzene rings is 2. The first-order chi connectivity index (χ1) is 25.5. The number of nitrogens with two attached hydrogens (primary N) is 1. The Labute approximate surface area is 300 Å². The average molecular weight is 718 g/mol. The van der Waals surface area contributed by atoms with E-state index < -0.39 is 11.9 Å². The van der Waals surface area contributed by atoms with Crippen molar-refractivity contribution < 1.29 is 38.9 Å². The van der Waals surface area contributed by atoms with Crippen molar-refractivity contribution in [3.05, 3.63) is 69.4 Å². The summed E-state index contributed by atoms with van der Waals surface area (Å²) in [4.78, 5) is 67.9. The number of hydrogen-bond acceptors (Lipinski definition) is 8. The number of rotatable bonds is 4. The number of aromatic amines is 3. The number of anilines is 2. The summed E-state index contributed by atoms with van der Waals surface area (Å²) in [6.07, 6.45) is 6.07. The van der Waals surface area contributed by atoms with Crippen LogP contribution < -0.4 is 25.0 Å². The van der Waals surface area contributed by atoms with Gasteiger partial charge in [0.25, 0.3) is 11.8 Å². The molecule has 10 rings (SSSR count). The molecule has 53 heavy (non-hydrogen) atoms. The Balaban J connectivity index is 1.04. The van der Waals surface area contributed by atoms with Crippen LogP contribution in [0.4, 0.5) is 16.2 Å². The molecule has 2 aromatic carbocycles. The van der Waals surface area contributed by atoms with Crippen LogP contribution in [-0.2, 0) is 18.3 Å². The first-order valence-electron chi connectivity index (χ1n) is 17.5. The number of nitrogens with one attached hydrogen (secondary N) is 3. The van der Waals surface area contributed by atoms with E-state index in [0.717, 1.165) is 29.7 Å². The lowest BCUT2D eigenvalue weighted by atomic mass is 9.55. The van der Waals surface area contributed by atoms with Gasteiger partial charge in [-0.2, -0.15) is 0 Å². The van der Waals surface area contributed by atoms with Gasteiger partial charge in [0, 0.05) is 53.8 Å². The van der Waals surface area contributed by atoms with Gasteiger partial charge in [-0.15, -0.1) is 0 Å². The average Bonchev–Trinajstić information content (AvgIpc) is 3.97. The predicted octanol–water partition coefficient (Wildman–Crippen LogP) is 4.24. The number of aromatic hydroxyl groups is 2. The fourth-order valence-electron chi connectivity index (χ4n) is 9.96. The lowest BCUT2D eigenvalue weighted by Crippen LogP contribution is -2.45. The highest BCUT2D eigenvalue weighted by molar-refractivity contribution is 6.15. The molecule has 2 atom stereocenters. The van der Waals surface area contributed by atoms with Crippen molar-refractivity contribution in [1.29, 1.82) is 0 Å². The van der Waals surface area contributed by atoms with Crippen molar-refractivity contribution in [2.24, 2.45) is 11.7 Å². The largest absolute Gasteiger partial charge is 0.503 e. The molecule has 2 unspecified atom stereocenters. The van der Waals surface area contributed by atoms with Crippen LogP contribution in [0.5, 0.6) is 23.0 Å². The highest BCUT2D eigenvalue weighted by atomic mass is 16.5. The number of aromatic nitrogens is 3. The van der Waals surface area contributed by atoms with E-state index in [1.807, 2.05) is 13.1 Å². The van der Waals surface area contributed by atoms with Gasteiger partial charge in [0.1, 0.15) is 11.4 Å². The topological polar surface area (TPSA) is 210 Å². The van der Waals surface area contributed by atoms with E-state index >= 15 is 0 Å². The maximum atomic E-state index is 14.4. The number of allylic oxidation sites excluding steroid dienone is 2. The number of carbonyl (C=O) groups excluding carboxylic acids is 4. The molecular weight excluding hydrogens is 682 g/mol. The Morgan fingerprint density at radius 3 is 2.00 bits per heavy atom. The normalized spacial score (nSPS) is 21.0. The maximum Gasteiger partial charge on any atom is 0.319 e. The van der Waals surface area contributed by atoms with Gasteiger partial charge in [0.05, 0.1) is 42.3 Å². The van der Waals surface area contributed by atoms with Crippen molar-refractivity contribution in [2.75, 3.05) is 43.7 Å². The zero-order valence-electron chi connectivity index (χ0n) is 29.1. The first-order valence-corrected chi connectivity index (χ1v) is 17.5. The number of ether oxygens (including phenoxy) is 2. The third-order valence-corrected chi connectivity index (χ3v) is 12.3. The number of nitrogens with zero attached hydrogens (tertiary/aromatic N) is 3. The number of hydrogen-bond donors (Lipinski definition) is 6. The van der Waals surface area contributed by atoms with Crippen LogP contribution in [0.3, 0.4) is 0 Å². The molecule has 5 aromatic rings. The second kappa shape index (κ2) is 10.4. The number of H-pyrrole nitrogens is 3. The number of urea groups is 1. The van der Waals surface area contributed by atoms with Crippen molar-refractivity contribution >= 4 is 56.8 Å². The number of carbonyl (C=O) groups is 4. The standard InChI is InChI=1S/C38H35N7O8/c1-15-13-40-28-23(46)12-24-38(25(15)28)7-4-16(38)14-45(24)36(50)22-11-19-17-5-8-43(29(17)31(47)33(52-2)26(19)42-22)35(49)21-10-20-18-6-9-44(37(39)51)30(18)32(48)34(53-3)27(20)41-21/h10-13,16,40-42,47-48H,4-9,14H2,1-3H3,(H2,39,51). The predicted molar refractivity (Wildman–Crippen MR) is 192 cm³/mol. The smallest absolute Gasteiger partial charge is 0.319 e. The molecule has 270 valence electrons. The van der Waals surface area contributed by atoms with Crippen LogP contribution in [0.25, 0.3) is 21.8 Å². The fourth-order valence-corrected chi connectivity index (χ4v) is 9.96. The van der Waals surface area contributed by atoms with E-state index in [1.54, 1.807) is 23.1 Å². The van der Waals surface area contributed by atoms with E-state index in [9.17, 15) is 29.4 Å². The van der Waals surface area contributed by atoms with Crippen molar-refractivity contribution in [3.8, 4) is 23.0 Å². The minimum atomic E-state index is -0.714. The minimum absolute atomic E-state index is 0.0671. The molecule has 2 aliphatic carbocycles. The highest BCUT2D eigenvalue weighted by Gasteiger charge is 2.62. The summed E-state index contributed by atoms with van der Waals surface area (Å²) >= 11 is 0. The molecule has 0 radical (unpaired) electrons. The van der Waals surface area contributed by atoms with E-state index in [-0.39, 0.29) is 81.9 Å². The molecule has 7 N–H and O–H groups in total. The van der Waals surface area contributed by atoms with Gasteiger partial charge >= 0.3 is 6.03 Å². The molecule has 3 aromatic heterocycles. The third kappa shape index (κ3) is 3.73. The lowest BCUT2D eigenvalue weighted by Gasteiger charge is -2.47. The van der Waals surface area contributed by atoms with E-state index in [0.29, 0.717) is 58.0 Å². The second-order valence-corrected chi connectivity index (χ2v) is 14.5. The minimum Gasteiger partial charge on any atom is -0.503 e. The van der Waals surface area contributed by atoms with Crippen LogP contribution in [0.2, 0.25) is 0 Å². The number of likely N-dealkylation sites (tertiary alicyclic amines) is 1. The quantitative estimate of drug-likeness (QED) is 0.158. The van der Waals surface area contributed by atoms with Crippen molar-refractivity contribution in [1.82, 2.24) is 19.9 Å². The number of phenolic OH excluding ortho intramolecular Hbond substituents is 2. The lowest BCUT2D eigenvalue weighted by molar-refractivity contribution is 0.0813. The number of primary amides is 1. The number of fused-ring (bicyclic) bond motifs is 7. The monoisotopic (exact) mass is 717 g/mol. The zero-order valence-corrected chi connectivity index (χ0v) is 29.1. The summed E-state index contributed by atoms with van der Waals surface area (Å²) in [6.45, 7) is 2.97. The molecule has 0 bridgehead atoms. The van der Waals surface area contributed by atoms with Gasteiger partial charge in [-0.3, -0.25) is 19.3 Å². The van der Waals surface area contributed by atoms with E-state index in [4.69, 9.17) is 15.2 Å². The Bertz CT molecular complexity index is 2590. The van der Waals surface area contributed by atoms with Gasteiger partial charge in [-0.05, 0) is 72.9 Å². The van der Waals surface area contributed by atoms with Gasteiger partial charge in [-0.25, -0.2) is 4.79 Å². The summed E-state index contributed by atoms with van der Waals surface area (Å²) in [6, 6.07) is 2.68. The summed E-state index contributed by atoms with van der Waals surface area (Å²) < 4.78 is 11.2. The number of amides is 4. The third-order valence-electron chi connectivity index (χ3n) is 12.3. The highest BCUT2D eigenvalue weighted by Crippen LogP contribution is 2.62. The van der Waals surface area contributed by atoms with Crippen LogP contribution in [-0.4, -0.2) is 87.5 Å². The Morgan fingerprint density at radius 2 is 1.45 bits per heavy atom. The second-order valence-electron chi connectivity index (χ2n) is 14.5.